The van der Waals surface area contributed by atoms with Crippen LogP contribution < -0.4 is 15.6 Å². The van der Waals surface area contributed by atoms with Crippen molar-refractivity contribution in [1.29, 1.82) is 0 Å². The van der Waals surface area contributed by atoms with Crippen molar-refractivity contribution in [1.82, 2.24) is 9.55 Å². The fourth-order valence-corrected chi connectivity index (χ4v) is 6.24. The highest BCUT2D eigenvalue weighted by molar-refractivity contribution is 6.76. The Hall–Kier alpha value is -2.84. The van der Waals surface area contributed by atoms with Crippen LogP contribution in [0.15, 0.2) is 23.3 Å². The number of hydrogen-bond donors (Lipinski definition) is 2. The predicted octanol–water partition coefficient (Wildman–Crippen LogP) is 2.18. The molecule has 1 aliphatic carbocycles. The van der Waals surface area contributed by atoms with Crippen LogP contribution in [-0.2, 0) is 28.9 Å². The number of rotatable bonds is 5. The van der Waals surface area contributed by atoms with Crippen LogP contribution in [0.3, 0.4) is 0 Å². The molecule has 7 nitrogen and oxygen atoms in total. The molecule has 8 heteroatoms. The zero-order valence-electron chi connectivity index (χ0n) is 20.5. The number of aliphatic hydroxyl groups is 2. The van der Waals surface area contributed by atoms with E-state index in [0.717, 1.165) is 23.2 Å². The molecular weight excluding hydrogens is 448 g/mol. The van der Waals surface area contributed by atoms with E-state index in [4.69, 9.17) is 14.5 Å². The first kappa shape index (κ1) is 22.9. The van der Waals surface area contributed by atoms with Gasteiger partial charge in [0, 0.05) is 20.1 Å². The molecule has 0 bridgehead atoms. The second kappa shape index (κ2) is 7.85. The molecule has 2 aliphatic heterocycles. The molecule has 2 N–H and O–H groups in total. The van der Waals surface area contributed by atoms with Crippen molar-refractivity contribution in [2.75, 3.05) is 13.7 Å². The van der Waals surface area contributed by atoms with E-state index in [1.807, 2.05) is 16.7 Å². The molecule has 0 radical (unpaired) electrons. The number of methoxy groups -OCH3 is 1. The van der Waals surface area contributed by atoms with Crippen molar-refractivity contribution < 1.29 is 24.5 Å². The first-order valence-corrected chi connectivity index (χ1v) is 15.6. The molecule has 0 amide bonds. The van der Waals surface area contributed by atoms with Crippen LogP contribution in [0.5, 0.6) is 5.75 Å². The fourth-order valence-electron chi connectivity index (χ4n) is 5.22. The number of carbonyl (C=O) groups excluding carboxylic acids is 1. The second-order valence-corrected chi connectivity index (χ2v) is 16.3. The molecule has 0 spiro atoms. The van der Waals surface area contributed by atoms with E-state index < -0.39 is 19.6 Å². The zero-order valence-corrected chi connectivity index (χ0v) is 21.5. The number of ether oxygens (including phenoxy) is 2. The van der Waals surface area contributed by atoms with E-state index in [1.54, 1.807) is 14.0 Å². The molecule has 3 aliphatic rings. The molecule has 180 valence electrons. The van der Waals surface area contributed by atoms with E-state index in [0.29, 0.717) is 35.2 Å². The Morgan fingerprint density at radius 1 is 1.29 bits per heavy atom. The lowest BCUT2D eigenvalue weighted by atomic mass is 9.80. The number of imidazole rings is 1. The van der Waals surface area contributed by atoms with Gasteiger partial charge in [0.2, 0.25) is 0 Å². The van der Waals surface area contributed by atoms with Gasteiger partial charge in [-0.2, -0.15) is 0 Å². The minimum Gasteiger partial charge on any atom is -0.505 e. The van der Waals surface area contributed by atoms with Crippen LogP contribution >= 0.6 is 0 Å². The van der Waals surface area contributed by atoms with Crippen LogP contribution in [0.25, 0.3) is 11.8 Å². The number of aliphatic hydroxyl groups excluding tert-OH is 1. The Labute approximate surface area is 200 Å². The van der Waals surface area contributed by atoms with Crippen molar-refractivity contribution >= 4 is 25.9 Å². The summed E-state index contributed by atoms with van der Waals surface area (Å²) in [7, 11) is 0.454. The summed E-state index contributed by atoms with van der Waals surface area (Å²) in [5, 5.41) is 23.0. The number of benzene rings is 1. The third-order valence-electron chi connectivity index (χ3n) is 7.32. The number of aryl methyl sites for hydroxylation is 1. The Kier molecular flexibility index (Phi) is 5.29. The van der Waals surface area contributed by atoms with Gasteiger partial charge in [-0.15, -0.1) is 0 Å². The van der Waals surface area contributed by atoms with Crippen LogP contribution in [0.4, 0.5) is 0 Å². The van der Waals surface area contributed by atoms with Gasteiger partial charge < -0.3 is 24.3 Å². The predicted molar refractivity (Wildman–Crippen MR) is 132 cm³/mol. The van der Waals surface area contributed by atoms with Gasteiger partial charge in [0.25, 0.3) is 0 Å². The molecule has 0 saturated heterocycles. The Balaban J connectivity index is 1.65. The van der Waals surface area contributed by atoms with E-state index in [9.17, 15) is 15.0 Å². The summed E-state index contributed by atoms with van der Waals surface area (Å²) in [6.45, 7) is 9.43. The van der Waals surface area contributed by atoms with Gasteiger partial charge in [0.1, 0.15) is 28.9 Å². The lowest BCUT2D eigenvalue weighted by Crippen LogP contribution is -2.49. The van der Waals surface area contributed by atoms with Gasteiger partial charge in [-0.3, -0.25) is 0 Å². The normalized spacial score (nSPS) is 21.2. The molecule has 3 heterocycles. The molecule has 0 fully saturated rings. The summed E-state index contributed by atoms with van der Waals surface area (Å²) in [4.78, 5) is 17.2. The maximum absolute atomic E-state index is 12.4. The van der Waals surface area contributed by atoms with Gasteiger partial charge >= 0.3 is 5.97 Å². The number of aromatic nitrogens is 2. The van der Waals surface area contributed by atoms with Gasteiger partial charge in [-0.05, 0) is 53.3 Å². The lowest BCUT2D eigenvalue weighted by Gasteiger charge is -2.35. The van der Waals surface area contributed by atoms with E-state index >= 15 is 0 Å². The Morgan fingerprint density at radius 3 is 2.74 bits per heavy atom. The molecule has 1 aromatic carbocycles. The van der Waals surface area contributed by atoms with E-state index in [-0.39, 0.29) is 18.8 Å². The standard InChI is InChI=1S/C26H32N2O5Si/c1-6-26(31)20-12-21-23(24(29)19(20)14-33-25(26)30)28-13-18-15(7-8-34(3,4)5)9-17(32-2)10-16(18)11-22(28)27-21/h9-11,29,31H,6-8,12-14H2,1-5H3. The molecule has 2 aromatic rings. The van der Waals surface area contributed by atoms with Gasteiger partial charge in [-0.25, -0.2) is 9.78 Å². The first-order chi connectivity index (χ1) is 16.1. The van der Waals surface area contributed by atoms with Crippen molar-refractivity contribution in [3.8, 4) is 5.75 Å². The van der Waals surface area contributed by atoms with Gasteiger partial charge in [-0.1, -0.05) is 32.6 Å². The highest BCUT2D eigenvalue weighted by Gasteiger charge is 2.47. The third-order valence-corrected chi connectivity index (χ3v) is 9.07. The van der Waals surface area contributed by atoms with Gasteiger partial charge in [0.05, 0.1) is 19.3 Å². The smallest absolute Gasteiger partial charge is 0.342 e. The average Bonchev–Trinajstić information content (AvgIpc) is 3.15. The van der Waals surface area contributed by atoms with Crippen LogP contribution in [-0.4, -0.2) is 53.1 Å². The second-order valence-electron chi connectivity index (χ2n) is 10.7. The monoisotopic (exact) mass is 480 g/mol. The van der Waals surface area contributed by atoms with Crippen molar-refractivity contribution in [3.05, 3.63) is 56.5 Å². The molecular formula is C26H32N2O5Si. The summed E-state index contributed by atoms with van der Waals surface area (Å²) < 4.78 is 12.9. The SMILES string of the molecule is CCC1(O)C(=O)OCC2=C1Cc1nc3n(c1=C2O)Cc1c(cc(OC)cc1CC[Si](C)(C)C)C=3. The van der Waals surface area contributed by atoms with Crippen LogP contribution in [0, 0.1) is 0 Å². The maximum Gasteiger partial charge on any atom is 0.342 e. The fraction of sp³-hybridized carbons (Fsp3) is 0.462. The highest BCUT2D eigenvalue weighted by atomic mass is 28.3. The van der Waals surface area contributed by atoms with Crippen molar-refractivity contribution in [2.24, 2.45) is 0 Å². The van der Waals surface area contributed by atoms with E-state index in [2.05, 4.69) is 25.7 Å². The third kappa shape index (κ3) is 3.51. The number of fused-ring (bicyclic) bond motifs is 4. The molecule has 1 unspecified atom stereocenters. The minimum absolute atomic E-state index is 0.0405. The largest absolute Gasteiger partial charge is 0.505 e. The Bertz CT molecular complexity index is 1360. The highest BCUT2D eigenvalue weighted by Crippen LogP contribution is 2.36. The summed E-state index contributed by atoms with van der Waals surface area (Å²) in [6, 6.07) is 5.35. The minimum atomic E-state index is -1.73. The van der Waals surface area contributed by atoms with Gasteiger partial charge in [0.15, 0.2) is 5.60 Å². The molecule has 0 saturated carbocycles. The van der Waals surface area contributed by atoms with Crippen LogP contribution in [0.1, 0.15) is 35.7 Å². The topological polar surface area (TPSA) is 93.8 Å². The molecule has 1 atom stereocenters. The number of esters is 1. The summed E-state index contributed by atoms with van der Waals surface area (Å²) >= 11 is 0. The zero-order chi connectivity index (χ0) is 24.4. The van der Waals surface area contributed by atoms with Crippen molar-refractivity contribution in [2.45, 2.75) is 64.0 Å². The van der Waals surface area contributed by atoms with Crippen molar-refractivity contribution in [3.63, 3.8) is 0 Å². The number of nitrogens with zero attached hydrogens (tertiary/aromatic N) is 2. The molecule has 1 aromatic heterocycles. The quantitative estimate of drug-likeness (QED) is 0.430. The summed E-state index contributed by atoms with van der Waals surface area (Å²) in [5.74, 6) is 0.219. The lowest BCUT2D eigenvalue weighted by molar-refractivity contribution is -0.163. The first-order valence-electron chi connectivity index (χ1n) is 11.9. The summed E-state index contributed by atoms with van der Waals surface area (Å²) in [6.07, 6.45) is 3.51. The van der Waals surface area contributed by atoms with Crippen LogP contribution in [0.2, 0.25) is 25.7 Å². The number of hydrogen-bond acceptors (Lipinski definition) is 6. The Morgan fingerprint density at radius 2 is 2.06 bits per heavy atom. The average molecular weight is 481 g/mol. The summed E-state index contributed by atoms with van der Waals surface area (Å²) in [5.41, 5.74) is 4.27. The number of cyclic esters (lactones) is 1. The maximum atomic E-state index is 12.4. The van der Waals surface area contributed by atoms with E-state index in [1.165, 1.54) is 17.2 Å². The molecule has 5 rings (SSSR count). The number of carbonyl (C=O) groups is 1. The molecule has 34 heavy (non-hydrogen) atoms.